The first-order valence-corrected chi connectivity index (χ1v) is 9.52. The summed E-state index contributed by atoms with van der Waals surface area (Å²) in [4.78, 5) is 0. The summed E-state index contributed by atoms with van der Waals surface area (Å²) in [6, 6.07) is 13.0. The third-order valence-electron chi connectivity index (χ3n) is 5.70. The standard InChI is InChI=1S/C24H20F4/c1-2-14-6-8-15(9-7-14)16-10-11-18-17(12-16)13-21(26)22(24(18)28)19-4-3-5-20(25)23(19)27/h3-9,13,16H,2,10-12H2,1H3. The van der Waals surface area contributed by atoms with Crippen LogP contribution in [0.3, 0.4) is 0 Å². The normalized spacial score (nSPS) is 16.1. The molecule has 0 radical (unpaired) electrons. The van der Waals surface area contributed by atoms with Gasteiger partial charge in [-0.15, -0.1) is 0 Å². The van der Waals surface area contributed by atoms with Crippen molar-refractivity contribution in [3.05, 3.63) is 94.1 Å². The van der Waals surface area contributed by atoms with Gasteiger partial charge >= 0.3 is 0 Å². The van der Waals surface area contributed by atoms with E-state index in [0.29, 0.717) is 24.0 Å². The predicted octanol–water partition coefficient (Wildman–Crippen LogP) is 6.74. The van der Waals surface area contributed by atoms with E-state index in [0.717, 1.165) is 24.5 Å². The molecule has 0 N–H and O–H groups in total. The van der Waals surface area contributed by atoms with Gasteiger partial charge in [0.15, 0.2) is 11.6 Å². The first kappa shape index (κ1) is 18.7. The minimum atomic E-state index is -1.23. The Bertz CT molecular complexity index is 1020. The van der Waals surface area contributed by atoms with Crippen LogP contribution < -0.4 is 0 Å². The average Bonchev–Trinajstić information content (AvgIpc) is 2.70. The zero-order chi connectivity index (χ0) is 19.8. The first-order valence-electron chi connectivity index (χ1n) is 9.52. The van der Waals surface area contributed by atoms with Gasteiger partial charge in [0.05, 0.1) is 5.56 Å². The fourth-order valence-corrected chi connectivity index (χ4v) is 4.10. The Morgan fingerprint density at radius 1 is 0.893 bits per heavy atom. The maximum atomic E-state index is 15.1. The summed E-state index contributed by atoms with van der Waals surface area (Å²) in [5.41, 5.74) is 2.55. The van der Waals surface area contributed by atoms with E-state index in [1.165, 1.54) is 23.8 Å². The molecule has 0 saturated carbocycles. The highest BCUT2D eigenvalue weighted by molar-refractivity contribution is 5.68. The highest BCUT2D eigenvalue weighted by atomic mass is 19.2. The van der Waals surface area contributed by atoms with Crippen LogP contribution in [0, 0.1) is 23.3 Å². The molecule has 0 heterocycles. The molecule has 28 heavy (non-hydrogen) atoms. The third-order valence-corrected chi connectivity index (χ3v) is 5.70. The molecule has 0 aromatic heterocycles. The van der Waals surface area contributed by atoms with Crippen LogP contribution in [0.15, 0.2) is 48.5 Å². The number of hydrogen-bond donors (Lipinski definition) is 0. The van der Waals surface area contributed by atoms with Gasteiger partial charge < -0.3 is 0 Å². The quantitative estimate of drug-likeness (QED) is 0.439. The number of fused-ring (bicyclic) bond motifs is 1. The molecular formula is C24H20F4. The first-order chi connectivity index (χ1) is 13.5. The van der Waals surface area contributed by atoms with E-state index in [-0.39, 0.29) is 11.5 Å². The van der Waals surface area contributed by atoms with Gasteiger partial charge in [0.1, 0.15) is 11.6 Å². The van der Waals surface area contributed by atoms with Crippen LogP contribution in [0.1, 0.15) is 41.5 Å². The van der Waals surface area contributed by atoms with Crippen molar-refractivity contribution >= 4 is 0 Å². The van der Waals surface area contributed by atoms with E-state index in [1.54, 1.807) is 0 Å². The molecule has 1 unspecified atom stereocenters. The van der Waals surface area contributed by atoms with Gasteiger partial charge in [-0.2, -0.15) is 0 Å². The summed E-state index contributed by atoms with van der Waals surface area (Å²) < 4.78 is 57.5. The molecule has 4 rings (SSSR count). The second-order valence-corrected chi connectivity index (χ2v) is 7.32. The SMILES string of the molecule is CCc1ccc(C2CCc3c(cc(F)c(-c4cccc(F)c4F)c3F)C2)cc1. The molecule has 0 amide bonds. The molecule has 0 saturated heterocycles. The summed E-state index contributed by atoms with van der Waals surface area (Å²) in [7, 11) is 0. The van der Waals surface area contributed by atoms with E-state index in [9.17, 15) is 13.2 Å². The highest BCUT2D eigenvalue weighted by Gasteiger charge is 2.28. The molecule has 1 aliphatic carbocycles. The van der Waals surface area contributed by atoms with E-state index in [1.807, 2.05) is 0 Å². The van der Waals surface area contributed by atoms with Crippen molar-refractivity contribution in [3.8, 4) is 11.1 Å². The third kappa shape index (κ3) is 3.21. The molecule has 3 aromatic carbocycles. The average molecular weight is 384 g/mol. The van der Waals surface area contributed by atoms with Crippen molar-refractivity contribution in [2.45, 2.75) is 38.5 Å². The van der Waals surface area contributed by atoms with Gasteiger partial charge in [-0.05, 0) is 66.0 Å². The van der Waals surface area contributed by atoms with Crippen LogP contribution in [-0.2, 0) is 19.3 Å². The van der Waals surface area contributed by atoms with E-state index in [2.05, 4.69) is 31.2 Å². The summed E-state index contributed by atoms with van der Waals surface area (Å²) in [5, 5.41) is 0. The zero-order valence-electron chi connectivity index (χ0n) is 15.5. The second-order valence-electron chi connectivity index (χ2n) is 7.32. The largest absolute Gasteiger partial charge is 0.206 e. The molecular weight excluding hydrogens is 364 g/mol. The van der Waals surface area contributed by atoms with E-state index >= 15 is 4.39 Å². The summed E-state index contributed by atoms with van der Waals surface area (Å²) in [5.74, 6) is -3.80. The number of rotatable bonds is 3. The number of benzene rings is 3. The van der Waals surface area contributed by atoms with Crippen molar-refractivity contribution in [2.24, 2.45) is 0 Å². The van der Waals surface area contributed by atoms with Crippen molar-refractivity contribution in [2.75, 3.05) is 0 Å². The number of halogens is 4. The summed E-state index contributed by atoms with van der Waals surface area (Å²) in [6.07, 6.45) is 2.65. The minimum absolute atomic E-state index is 0.189. The molecule has 144 valence electrons. The lowest BCUT2D eigenvalue weighted by molar-refractivity contribution is 0.504. The number of hydrogen-bond acceptors (Lipinski definition) is 0. The molecule has 0 bridgehead atoms. The Hall–Kier alpha value is -2.62. The summed E-state index contributed by atoms with van der Waals surface area (Å²) in [6.45, 7) is 2.09. The Morgan fingerprint density at radius 3 is 2.36 bits per heavy atom. The fourth-order valence-electron chi connectivity index (χ4n) is 4.10. The predicted molar refractivity (Wildman–Crippen MR) is 102 cm³/mol. The van der Waals surface area contributed by atoms with Crippen LogP contribution in [0.5, 0.6) is 0 Å². The lowest BCUT2D eigenvalue weighted by Gasteiger charge is -2.26. The topological polar surface area (TPSA) is 0 Å². The van der Waals surface area contributed by atoms with Crippen LogP contribution in [0.25, 0.3) is 11.1 Å². The van der Waals surface area contributed by atoms with Crippen molar-refractivity contribution in [1.82, 2.24) is 0 Å². The van der Waals surface area contributed by atoms with Gasteiger partial charge in [-0.25, -0.2) is 17.6 Å². The molecule has 0 nitrogen and oxygen atoms in total. The van der Waals surface area contributed by atoms with Gasteiger partial charge in [0, 0.05) is 5.56 Å². The van der Waals surface area contributed by atoms with Crippen molar-refractivity contribution < 1.29 is 17.6 Å². The summed E-state index contributed by atoms with van der Waals surface area (Å²) >= 11 is 0. The Morgan fingerprint density at radius 2 is 1.64 bits per heavy atom. The van der Waals surface area contributed by atoms with E-state index < -0.39 is 28.8 Å². The lowest BCUT2D eigenvalue weighted by atomic mass is 9.78. The van der Waals surface area contributed by atoms with Crippen molar-refractivity contribution in [1.29, 1.82) is 0 Å². The second kappa shape index (κ2) is 7.42. The van der Waals surface area contributed by atoms with Gasteiger partial charge in [-0.3, -0.25) is 0 Å². The Kier molecular flexibility index (Phi) is 4.96. The maximum Gasteiger partial charge on any atom is 0.166 e. The van der Waals surface area contributed by atoms with Gasteiger partial charge in [0.2, 0.25) is 0 Å². The smallest absolute Gasteiger partial charge is 0.166 e. The Labute approximate surface area is 161 Å². The van der Waals surface area contributed by atoms with Gasteiger partial charge in [0.25, 0.3) is 0 Å². The van der Waals surface area contributed by atoms with Gasteiger partial charge in [-0.1, -0.05) is 43.3 Å². The fraction of sp³-hybridized carbons (Fsp3) is 0.250. The van der Waals surface area contributed by atoms with Crippen LogP contribution in [0.2, 0.25) is 0 Å². The zero-order valence-corrected chi connectivity index (χ0v) is 15.5. The monoisotopic (exact) mass is 384 g/mol. The number of aryl methyl sites for hydroxylation is 1. The lowest BCUT2D eigenvalue weighted by Crippen LogP contribution is -2.16. The molecule has 0 fully saturated rings. The molecule has 1 atom stereocenters. The minimum Gasteiger partial charge on any atom is -0.206 e. The molecule has 0 spiro atoms. The highest BCUT2D eigenvalue weighted by Crippen LogP contribution is 2.39. The van der Waals surface area contributed by atoms with Crippen LogP contribution in [-0.4, -0.2) is 0 Å². The van der Waals surface area contributed by atoms with Crippen LogP contribution >= 0.6 is 0 Å². The van der Waals surface area contributed by atoms with Crippen LogP contribution in [0.4, 0.5) is 17.6 Å². The molecule has 4 heteroatoms. The van der Waals surface area contributed by atoms with Crippen molar-refractivity contribution in [3.63, 3.8) is 0 Å². The Balaban J connectivity index is 1.71. The molecule has 3 aromatic rings. The molecule has 0 aliphatic heterocycles. The maximum absolute atomic E-state index is 15.1. The van der Waals surface area contributed by atoms with E-state index in [4.69, 9.17) is 0 Å². The molecule has 1 aliphatic rings.